The van der Waals surface area contributed by atoms with E-state index in [1.165, 1.54) is 0 Å². The Hall–Kier alpha value is -6.06. The first kappa shape index (κ1) is 33.8. The van der Waals surface area contributed by atoms with E-state index >= 15 is 13.2 Å². The van der Waals surface area contributed by atoms with E-state index in [9.17, 15) is 42.6 Å². The van der Waals surface area contributed by atoms with Crippen molar-refractivity contribution in [3.63, 3.8) is 0 Å². The van der Waals surface area contributed by atoms with Gasteiger partial charge in [0.15, 0.2) is 0 Å². The second kappa shape index (κ2) is 12.4. The molecule has 0 saturated carbocycles. The average molecular weight is 664 g/mol. The summed E-state index contributed by atoms with van der Waals surface area (Å²) in [6, 6.07) is 10.2. The maximum absolute atomic E-state index is 15.8. The van der Waals surface area contributed by atoms with Crippen molar-refractivity contribution in [3.05, 3.63) is 118 Å². The Labute approximate surface area is 258 Å². The molecule has 0 saturated heterocycles. The van der Waals surface area contributed by atoms with Gasteiger partial charge >= 0.3 is 36.0 Å². The largest absolute Gasteiger partial charge is 0.478 e. The van der Waals surface area contributed by atoms with Crippen LogP contribution in [0.5, 0.6) is 23.0 Å². The van der Waals surface area contributed by atoms with Crippen molar-refractivity contribution in [2.24, 2.45) is 0 Å². The summed E-state index contributed by atoms with van der Waals surface area (Å²) >= 11 is 0. The van der Waals surface area contributed by atoms with E-state index in [-0.39, 0.29) is 23.0 Å². The smallest absolute Gasteiger partial charge is 0.433 e. The zero-order chi connectivity index (χ0) is 34.9. The van der Waals surface area contributed by atoms with Crippen molar-refractivity contribution >= 4 is 23.9 Å². The molecule has 4 rings (SSSR count). The third-order valence-electron chi connectivity index (χ3n) is 6.67. The molecule has 0 radical (unpaired) electrons. The van der Waals surface area contributed by atoms with Crippen LogP contribution in [0.4, 0.5) is 26.3 Å². The Morgan fingerprint density at radius 2 is 0.766 bits per heavy atom. The van der Waals surface area contributed by atoms with Crippen LogP contribution in [0.2, 0.25) is 0 Å². The minimum Gasteiger partial charge on any atom is -0.478 e. The van der Waals surface area contributed by atoms with E-state index in [0.717, 1.165) is 60.7 Å². The van der Waals surface area contributed by atoms with E-state index in [2.05, 4.69) is 0 Å². The fourth-order valence-electron chi connectivity index (χ4n) is 4.38. The highest BCUT2D eigenvalue weighted by molar-refractivity contribution is 6.02. The molecule has 0 aliphatic rings. The summed E-state index contributed by atoms with van der Waals surface area (Å²) in [4.78, 5) is 45.2. The Morgan fingerprint density at radius 1 is 0.447 bits per heavy atom. The van der Waals surface area contributed by atoms with E-state index in [1.807, 2.05) is 0 Å². The minimum absolute atomic E-state index is 0.249. The van der Waals surface area contributed by atoms with Gasteiger partial charge in [0.1, 0.15) is 23.0 Å². The van der Waals surface area contributed by atoms with Gasteiger partial charge in [0.2, 0.25) is 0 Å². The molecule has 0 aliphatic carbocycles. The predicted octanol–water partition coefficient (Wildman–Crippen LogP) is 7.58. The van der Waals surface area contributed by atoms with Crippen LogP contribution < -0.4 is 9.47 Å². The Balaban J connectivity index is 1.62. The van der Waals surface area contributed by atoms with E-state index in [1.54, 1.807) is 0 Å². The normalized spacial score (nSPS) is 12.9. The lowest BCUT2D eigenvalue weighted by atomic mass is 9.84. The van der Waals surface area contributed by atoms with Crippen molar-refractivity contribution in [1.29, 1.82) is 0 Å². The maximum Gasteiger partial charge on any atom is 0.433 e. The Bertz CT molecular complexity index is 1870. The lowest BCUT2D eigenvalue weighted by molar-refractivity contribution is -0.314. The molecule has 244 valence electrons. The molecular formula is C31H18F6O10. The van der Waals surface area contributed by atoms with Gasteiger partial charge in [-0.3, -0.25) is 0 Å². The van der Waals surface area contributed by atoms with Gasteiger partial charge in [0, 0.05) is 11.1 Å². The predicted molar refractivity (Wildman–Crippen MR) is 146 cm³/mol. The number of rotatable bonds is 11. The number of hydrogen-bond donors (Lipinski definition) is 4. The van der Waals surface area contributed by atoms with Crippen LogP contribution in [-0.4, -0.2) is 50.5 Å². The summed E-state index contributed by atoms with van der Waals surface area (Å²) in [6.45, 7) is 0. The Kier molecular flexibility index (Phi) is 8.91. The molecule has 47 heavy (non-hydrogen) atoms. The third-order valence-corrected chi connectivity index (χ3v) is 6.67. The molecule has 4 aromatic rings. The number of aromatic carboxylic acids is 4. The van der Waals surface area contributed by atoms with Crippen LogP contribution in [0.15, 0.2) is 84.9 Å². The van der Waals surface area contributed by atoms with Crippen LogP contribution in [0.25, 0.3) is 0 Å². The van der Waals surface area contributed by atoms with Crippen LogP contribution in [-0.2, 0) is 11.6 Å². The van der Waals surface area contributed by atoms with Gasteiger partial charge in [-0.2, -0.15) is 22.0 Å². The SMILES string of the molecule is O=C(O)c1ccc(Oc2ccc(C(F)(F)C(F)(c3ccc(Oc4ccc(C(=O)O)c(C(=O)O)c4)cc3)C(F)(F)F)cc2)cc1C(=O)O. The van der Waals surface area contributed by atoms with Crippen LogP contribution >= 0.6 is 0 Å². The van der Waals surface area contributed by atoms with Crippen LogP contribution in [0, 0.1) is 0 Å². The lowest BCUT2D eigenvalue weighted by Crippen LogP contribution is -2.51. The van der Waals surface area contributed by atoms with E-state index in [0.29, 0.717) is 24.3 Å². The zero-order valence-corrected chi connectivity index (χ0v) is 23.1. The topological polar surface area (TPSA) is 168 Å². The molecule has 1 unspecified atom stereocenters. The lowest BCUT2D eigenvalue weighted by Gasteiger charge is -2.35. The third kappa shape index (κ3) is 6.51. The van der Waals surface area contributed by atoms with Crippen LogP contribution in [0.1, 0.15) is 52.6 Å². The fraction of sp³-hybridized carbons (Fsp3) is 0.0968. The van der Waals surface area contributed by atoms with Crippen molar-refractivity contribution in [2.75, 3.05) is 0 Å². The molecule has 0 heterocycles. The molecule has 0 aliphatic heterocycles. The highest BCUT2D eigenvalue weighted by atomic mass is 19.4. The minimum atomic E-state index is -6.17. The van der Waals surface area contributed by atoms with Gasteiger partial charge in [-0.15, -0.1) is 0 Å². The molecule has 0 bridgehead atoms. The molecule has 0 aromatic heterocycles. The second-order valence-electron chi connectivity index (χ2n) is 9.62. The van der Waals surface area contributed by atoms with E-state index in [4.69, 9.17) is 19.7 Å². The molecule has 4 aromatic carbocycles. The molecule has 1 atom stereocenters. The summed E-state index contributed by atoms with van der Waals surface area (Å²) in [5, 5.41) is 36.7. The number of halogens is 6. The summed E-state index contributed by atoms with van der Waals surface area (Å²) < 4.78 is 99.7. The number of alkyl halides is 6. The first-order valence-electron chi connectivity index (χ1n) is 12.8. The number of hydrogen-bond acceptors (Lipinski definition) is 6. The van der Waals surface area contributed by atoms with Gasteiger partial charge < -0.3 is 29.9 Å². The van der Waals surface area contributed by atoms with Gasteiger partial charge in [0.05, 0.1) is 22.3 Å². The highest BCUT2D eigenvalue weighted by Crippen LogP contribution is 2.57. The van der Waals surface area contributed by atoms with Gasteiger partial charge in [-0.1, -0.05) is 12.1 Å². The summed E-state index contributed by atoms with van der Waals surface area (Å²) in [5.41, 5.74) is -10.7. The zero-order valence-electron chi connectivity index (χ0n) is 23.1. The summed E-state index contributed by atoms with van der Waals surface area (Å²) in [6.07, 6.45) is -6.17. The van der Waals surface area contributed by atoms with Crippen molar-refractivity contribution in [1.82, 2.24) is 0 Å². The van der Waals surface area contributed by atoms with Gasteiger partial charge in [-0.05, 0) is 72.8 Å². The molecule has 16 heteroatoms. The quantitative estimate of drug-likeness (QED) is 0.117. The number of ether oxygens (including phenoxy) is 2. The molecule has 0 spiro atoms. The highest BCUT2D eigenvalue weighted by Gasteiger charge is 2.72. The second-order valence-corrected chi connectivity index (χ2v) is 9.62. The first-order chi connectivity index (χ1) is 21.9. The van der Waals surface area contributed by atoms with E-state index < -0.39 is 75.0 Å². The average Bonchev–Trinajstić information content (AvgIpc) is 3.00. The van der Waals surface area contributed by atoms with Gasteiger partial charge in [-0.25, -0.2) is 23.6 Å². The number of carbonyl (C=O) groups is 4. The molecule has 10 nitrogen and oxygen atoms in total. The fourth-order valence-corrected chi connectivity index (χ4v) is 4.38. The molecule has 4 N–H and O–H groups in total. The van der Waals surface area contributed by atoms with Gasteiger partial charge in [0.25, 0.3) is 5.67 Å². The maximum atomic E-state index is 15.8. The first-order valence-corrected chi connectivity index (χ1v) is 12.8. The van der Waals surface area contributed by atoms with Crippen molar-refractivity contribution in [3.8, 4) is 23.0 Å². The number of carboxylic acid groups (broad SMARTS) is 4. The molecule has 0 fully saturated rings. The van der Waals surface area contributed by atoms with Crippen LogP contribution in [0.3, 0.4) is 0 Å². The standard InChI is InChI=1S/C31H18F6O10/c32-29(31(35,36)37,15-1-5-17(6-2-15)46-19-9-11-21(25(38)39)23(13-19)27(42)43)30(33,34)16-3-7-18(8-4-16)47-20-10-12-22(26(40)41)24(14-20)28(44)45/h1-14H,(H,38,39)(H,40,41)(H,42,43)(H,44,45). The monoisotopic (exact) mass is 664 g/mol. The van der Waals surface area contributed by atoms with Crippen molar-refractivity contribution < 1.29 is 75.4 Å². The molecular weight excluding hydrogens is 646 g/mol. The molecule has 0 amide bonds. The number of carboxylic acids is 4. The van der Waals surface area contributed by atoms with Crippen molar-refractivity contribution in [2.45, 2.75) is 17.8 Å². The summed E-state index contributed by atoms with van der Waals surface area (Å²) in [5.74, 6) is -12.7. The number of benzene rings is 4. The summed E-state index contributed by atoms with van der Waals surface area (Å²) in [7, 11) is 0. The Morgan fingerprint density at radius 3 is 1.09 bits per heavy atom.